The molecule has 0 N–H and O–H groups in total. The van der Waals surface area contributed by atoms with Gasteiger partial charge in [-0.25, -0.2) is 0 Å². The first-order valence-corrected chi connectivity index (χ1v) is 13.8. The van der Waals surface area contributed by atoms with Crippen molar-refractivity contribution in [3.8, 4) is 0 Å². The number of benzene rings is 3. The Labute approximate surface area is 241 Å². The molecule has 5 rings (SSSR count). The van der Waals surface area contributed by atoms with Gasteiger partial charge >= 0.3 is 33.9 Å². The Hall–Kier alpha value is -3.02. The van der Waals surface area contributed by atoms with E-state index in [-0.39, 0.29) is 29.2 Å². The number of carbonyl (C=O) groups excluding carboxylic acids is 2. The van der Waals surface area contributed by atoms with Gasteiger partial charge in [0.1, 0.15) is 0 Å². The Balaban J connectivity index is 0.00000102. The van der Waals surface area contributed by atoms with Crippen LogP contribution < -0.4 is 0 Å². The van der Waals surface area contributed by atoms with E-state index in [1.54, 1.807) is 24.3 Å². The third kappa shape index (κ3) is 6.77. The van der Waals surface area contributed by atoms with Gasteiger partial charge < -0.3 is 0 Å². The van der Waals surface area contributed by atoms with Crippen LogP contribution >= 0.6 is 7.26 Å². The number of amides is 2. The van der Waals surface area contributed by atoms with Crippen LogP contribution in [0.3, 0.4) is 0 Å². The summed E-state index contributed by atoms with van der Waals surface area (Å²) in [6.45, 7) is 18.1. The van der Waals surface area contributed by atoms with Crippen LogP contribution in [0.15, 0.2) is 84.9 Å². The molecule has 6 nitrogen and oxygen atoms in total. The molecule has 2 aliphatic heterocycles. The molecule has 0 saturated carbocycles. The van der Waals surface area contributed by atoms with Crippen LogP contribution in [-0.2, 0) is 31.3 Å². The summed E-state index contributed by atoms with van der Waals surface area (Å²) in [5.74, 6) is -0.516. The van der Waals surface area contributed by atoms with Gasteiger partial charge in [0, 0.05) is 48.6 Å². The van der Waals surface area contributed by atoms with Crippen molar-refractivity contribution in [2.45, 2.75) is 6.92 Å². The molecule has 2 aliphatic rings. The molecular formula is C31H24CrNO5P+. The van der Waals surface area contributed by atoms with E-state index < -0.39 is 7.26 Å². The number of nitrogens with zero attached hydrogens (tertiary/aromatic N) is 1. The number of hydrogen-bond donors (Lipinski definition) is 0. The molecule has 39 heavy (non-hydrogen) atoms. The third-order valence-corrected chi connectivity index (χ3v) is 10.6. The fourth-order valence-electron chi connectivity index (χ4n) is 4.58. The van der Waals surface area contributed by atoms with Gasteiger partial charge in [0.05, 0.1) is 30.0 Å². The Kier molecular flexibility index (Phi) is 14.1. The van der Waals surface area contributed by atoms with Crippen LogP contribution in [-0.4, -0.2) is 29.5 Å². The van der Waals surface area contributed by atoms with Crippen LogP contribution in [0.2, 0.25) is 0 Å². The molecule has 193 valence electrons. The normalized spacial score (nSPS) is 16.1. The first kappa shape index (κ1) is 34.0. The average Bonchev–Trinajstić information content (AvgIpc) is 3.26. The smallest absolute Gasteiger partial charge is 0 e. The zero-order valence-electron chi connectivity index (χ0n) is 21.3. The Morgan fingerprint density at radius 3 is 1.31 bits per heavy atom. The number of hydrogen-bond acceptors (Lipinski definition) is 2. The van der Waals surface area contributed by atoms with Crippen LogP contribution in [0.5, 0.6) is 0 Å². The average molecular weight is 574 g/mol. The maximum Gasteiger partial charge on any atom is 0 e. The topological polar surface area (TPSA) is 97.1 Å². The minimum Gasteiger partial charge on any atom is 0 e. The summed E-state index contributed by atoms with van der Waals surface area (Å²) in [5, 5.41) is 0. The van der Waals surface area contributed by atoms with E-state index in [0.717, 1.165) is 17.3 Å². The molecule has 2 amide bonds. The molecule has 5 radical (unpaired) electrons. The molecule has 1 fully saturated rings. The van der Waals surface area contributed by atoms with Gasteiger partial charge in [-0.15, -0.1) is 0 Å². The van der Waals surface area contributed by atoms with Crippen LogP contribution in [0, 0.1) is 50.2 Å². The van der Waals surface area contributed by atoms with E-state index >= 15 is 0 Å². The summed E-state index contributed by atoms with van der Waals surface area (Å²) in [5.41, 5.74) is 5.64. The van der Waals surface area contributed by atoms with Crippen LogP contribution in [0.1, 0.15) is 38.8 Å². The van der Waals surface area contributed by atoms with E-state index in [1.807, 2.05) is 36.4 Å². The van der Waals surface area contributed by atoms with E-state index in [0.29, 0.717) is 17.2 Å². The molecule has 3 aromatic carbocycles. The van der Waals surface area contributed by atoms with Crippen LogP contribution in [0.4, 0.5) is 0 Å². The van der Waals surface area contributed by atoms with Gasteiger partial charge in [-0.3, -0.25) is 14.5 Å². The van der Waals surface area contributed by atoms with Crippen molar-refractivity contribution in [3.05, 3.63) is 157 Å². The van der Waals surface area contributed by atoms with Crippen molar-refractivity contribution in [2.24, 2.45) is 0 Å². The summed E-state index contributed by atoms with van der Waals surface area (Å²) in [4.78, 5) is 27.9. The molecule has 3 aromatic rings. The van der Waals surface area contributed by atoms with Crippen molar-refractivity contribution in [1.29, 1.82) is 0 Å². The number of carbonyl (C=O) groups is 2. The van der Waals surface area contributed by atoms with E-state index in [1.165, 1.54) is 16.2 Å². The zero-order chi connectivity index (χ0) is 28.3. The standard InChI is InChI=1S/C28H24NO2P.3CO.Cr/c1-3-32(2)25(20-12-6-4-7-13-20)18-22(19-26(32)21-14-8-5-9-15-21)29-27(30)23-16-10-11-17-24(23)28(29)31;3*1-2;/h4-19H,3H2,1-2H3;;;;/q+1;;;;. The predicted molar refractivity (Wildman–Crippen MR) is 142 cm³/mol. The largest absolute Gasteiger partial charge is 0 e. The molecule has 0 spiro atoms. The number of rotatable bonds is 4. The fraction of sp³-hybridized carbons (Fsp3) is 0.0968. The monoisotopic (exact) mass is 573 g/mol. The Morgan fingerprint density at radius 2 is 0.974 bits per heavy atom. The summed E-state index contributed by atoms with van der Waals surface area (Å²) >= 11 is 0. The number of imide groups is 1. The van der Waals surface area contributed by atoms with Crippen molar-refractivity contribution in [1.82, 2.24) is 4.90 Å². The zero-order valence-corrected chi connectivity index (χ0v) is 23.5. The molecule has 0 aliphatic carbocycles. The van der Waals surface area contributed by atoms with Crippen molar-refractivity contribution in [2.75, 3.05) is 12.8 Å². The van der Waals surface area contributed by atoms with Gasteiger partial charge in [-0.1, -0.05) is 72.8 Å². The molecule has 0 bridgehead atoms. The molecule has 2 heterocycles. The summed E-state index contributed by atoms with van der Waals surface area (Å²) in [6.07, 6.45) is 5.13. The van der Waals surface area contributed by atoms with Gasteiger partial charge in [0.25, 0.3) is 11.8 Å². The Bertz CT molecular complexity index is 1190. The second-order valence-electron chi connectivity index (χ2n) is 8.22. The van der Waals surface area contributed by atoms with E-state index in [4.69, 9.17) is 14.0 Å². The molecule has 1 saturated heterocycles. The summed E-state index contributed by atoms with van der Waals surface area (Å²) < 4.78 is 22.5. The van der Waals surface area contributed by atoms with Gasteiger partial charge in [0.15, 0.2) is 11.3 Å². The third-order valence-electron chi connectivity index (χ3n) is 6.46. The Morgan fingerprint density at radius 1 is 0.641 bits per heavy atom. The molecule has 0 atom stereocenters. The minimum absolute atomic E-state index is 0. The van der Waals surface area contributed by atoms with Crippen molar-refractivity contribution >= 4 is 19.1 Å². The molecular weight excluding hydrogens is 549 g/mol. The maximum absolute atomic E-state index is 13.3. The first-order valence-electron chi connectivity index (χ1n) is 11.4. The molecule has 0 unspecified atom stereocenters. The first-order chi connectivity index (χ1) is 18.5. The second kappa shape index (κ2) is 16.2. The number of fused-ring (bicyclic) bond motifs is 1. The van der Waals surface area contributed by atoms with Crippen molar-refractivity contribution < 1.29 is 40.9 Å². The van der Waals surface area contributed by atoms with Crippen LogP contribution in [0.25, 0.3) is 0 Å². The summed E-state index contributed by atoms with van der Waals surface area (Å²) in [6, 6.07) is 28.4. The van der Waals surface area contributed by atoms with E-state index in [2.05, 4.69) is 70.6 Å². The summed E-state index contributed by atoms with van der Waals surface area (Å²) in [7, 11) is -1.75. The minimum atomic E-state index is -1.75. The maximum atomic E-state index is 13.3. The van der Waals surface area contributed by atoms with Crippen molar-refractivity contribution in [3.63, 3.8) is 0 Å². The predicted octanol–water partition coefficient (Wildman–Crippen LogP) is 5.95. The molecule has 8 heteroatoms. The SMILES string of the molecule is CC[P+]1(C)[C](c2ccccc2)[CH][C](N2C(=O)c3ccccc3C2=O)[CH][C]1c1ccccc1.[C-]#[O+].[C-]#[O+].[C-]#[O+].[Cr]. The quantitative estimate of drug-likeness (QED) is 0.167. The molecule has 0 aromatic heterocycles. The fourth-order valence-corrected chi connectivity index (χ4v) is 7.80. The van der Waals surface area contributed by atoms with Gasteiger partial charge in [-0.05, 0) is 19.1 Å². The second-order valence-corrected chi connectivity index (χ2v) is 12.2. The van der Waals surface area contributed by atoms with E-state index in [9.17, 15) is 9.59 Å². The van der Waals surface area contributed by atoms with Gasteiger partial charge in [0.2, 0.25) is 0 Å². The van der Waals surface area contributed by atoms with Gasteiger partial charge in [-0.2, -0.15) is 0 Å².